The Morgan fingerprint density at radius 3 is 2.44 bits per heavy atom. The number of carbonyl (C=O) groups is 1. The molecule has 0 saturated heterocycles. The average molecular weight is 249 g/mol. The van der Waals surface area contributed by atoms with Crippen LogP contribution in [0.2, 0.25) is 0 Å². The second-order valence-corrected chi connectivity index (χ2v) is 4.81. The summed E-state index contributed by atoms with van der Waals surface area (Å²) in [6.07, 6.45) is 2.37. The zero-order valence-corrected chi connectivity index (χ0v) is 11.5. The molecule has 0 aliphatic heterocycles. The maximum absolute atomic E-state index is 10.7. The first-order valence-corrected chi connectivity index (χ1v) is 6.59. The van der Waals surface area contributed by atoms with Gasteiger partial charge in [0.15, 0.2) is 0 Å². The molecule has 0 saturated carbocycles. The normalized spacial score (nSPS) is 12.2. The first-order valence-electron chi connectivity index (χ1n) is 6.59. The molecular formula is C15H23NO2. The van der Waals surface area contributed by atoms with Gasteiger partial charge in [-0.3, -0.25) is 4.79 Å². The van der Waals surface area contributed by atoms with Gasteiger partial charge in [-0.25, -0.2) is 0 Å². The molecular weight excluding hydrogens is 226 g/mol. The zero-order valence-electron chi connectivity index (χ0n) is 11.5. The Kier molecular flexibility index (Phi) is 5.69. The lowest BCUT2D eigenvalue weighted by atomic mass is 10.1. The monoisotopic (exact) mass is 249 g/mol. The molecule has 0 amide bonds. The van der Waals surface area contributed by atoms with Gasteiger partial charge in [0, 0.05) is 18.3 Å². The summed E-state index contributed by atoms with van der Waals surface area (Å²) >= 11 is 0. The molecule has 0 aliphatic rings. The van der Waals surface area contributed by atoms with Crippen LogP contribution in [0.4, 0.5) is 5.69 Å². The predicted octanol–water partition coefficient (Wildman–Crippen LogP) is 3.46. The molecule has 1 unspecified atom stereocenters. The van der Waals surface area contributed by atoms with Crippen molar-refractivity contribution in [1.82, 2.24) is 0 Å². The zero-order chi connectivity index (χ0) is 13.5. The first-order chi connectivity index (χ1) is 8.54. The Labute approximate surface area is 109 Å². The molecule has 0 aromatic heterocycles. The van der Waals surface area contributed by atoms with E-state index in [4.69, 9.17) is 5.11 Å². The van der Waals surface area contributed by atoms with Crippen molar-refractivity contribution in [3.63, 3.8) is 0 Å². The standard InChI is InChI=1S/C15H23NO2/c1-4-5-13(3)16(11-10-15(17)18)14-8-6-12(2)7-9-14/h6-9,13H,4-5,10-11H2,1-3H3,(H,17,18). The van der Waals surface area contributed by atoms with E-state index in [-0.39, 0.29) is 6.42 Å². The van der Waals surface area contributed by atoms with Gasteiger partial charge >= 0.3 is 5.97 Å². The van der Waals surface area contributed by atoms with Crippen LogP contribution in [0.5, 0.6) is 0 Å². The summed E-state index contributed by atoms with van der Waals surface area (Å²) in [7, 11) is 0. The summed E-state index contributed by atoms with van der Waals surface area (Å²) in [5.74, 6) is -0.740. The number of nitrogens with zero attached hydrogens (tertiary/aromatic N) is 1. The van der Waals surface area contributed by atoms with Gasteiger partial charge in [-0.2, -0.15) is 0 Å². The highest BCUT2D eigenvalue weighted by molar-refractivity contribution is 5.67. The van der Waals surface area contributed by atoms with Crippen LogP contribution in [0, 0.1) is 6.92 Å². The molecule has 1 aromatic carbocycles. The highest BCUT2D eigenvalue weighted by Crippen LogP contribution is 2.20. The summed E-state index contributed by atoms with van der Waals surface area (Å²) in [6.45, 7) is 6.94. The minimum atomic E-state index is -0.740. The fraction of sp³-hybridized carbons (Fsp3) is 0.533. The Morgan fingerprint density at radius 2 is 1.94 bits per heavy atom. The van der Waals surface area contributed by atoms with E-state index < -0.39 is 5.97 Å². The number of aliphatic carboxylic acids is 1. The second kappa shape index (κ2) is 7.04. The Bertz CT molecular complexity index is 373. The van der Waals surface area contributed by atoms with E-state index in [9.17, 15) is 4.79 Å². The Balaban J connectivity index is 2.81. The topological polar surface area (TPSA) is 40.5 Å². The van der Waals surface area contributed by atoms with Crippen LogP contribution in [0.25, 0.3) is 0 Å². The van der Waals surface area contributed by atoms with Crippen LogP contribution in [0.15, 0.2) is 24.3 Å². The third-order valence-electron chi connectivity index (χ3n) is 3.17. The summed E-state index contributed by atoms with van der Waals surface area (Å²) in [5, 5.41) is 8.84. The minimum Gasteiger partial charge on any atom is -0.481 e. The average Bonchev–Trinajstić information content (AvgIpc) is 2.31. The van der Waals surface area contributed by atoms with Crippen molar-refractivity contribution < 1.29 is 9.90 Å². The largest absolute Gasteiger partial charge is 0.481 e. The summed E-state index contributed by atoms with van der Waals surface area (Å²) in [6, 6.07) is 8.66. The molecule has 1 aromatic rings. The van der Waals surface area contributed by atoms with Gasteiger partial charge in [0.2, 0.25) is 0 Å². The SMILES string of the molecule is CCCC(C)N(CCC(=O)O)c1ccc(C)cc1. The smallest absolute Gasteiger partial charge is 0.305 e. The molecule has 100 valence electrons. The van der Waals surface area contributed by atoms with Crippen molar-refractivity contribution in [2.24, 2.45) is 0 Å². The van der Waals surface area contributed by atoms with E-state index in [1.165, 1.54) is 5.56 Å². The molecule has 18 heavy (non-hydrogen) atoms. The fourth-order valence-corrected chi connectivity index (χ4v) is 2.13. The van der Waals surface area contributed by atoms with E-state index in [1.54, 1.807) is 0 Å². The summed E-state index contributed by atoms with van der Waals surface area (Å²) < 4.78 is 0. The number of anilines is 1. The highest BCUT2D eigenvalue weighted by Gasteiger charge is 2.14. The van der Waals surface area contributed by atoms with Gasteiger partial charge in [-0.1, -0.05) is 31.0 Å². The first kappa shape index (κ1) is 14.6. The molecule has 0 radical (unpaired) electrons. The Hall–Kier alpha value is -1.51. The van der Waals surface area contributed by atoms with Crippen LogP contribution in [-0.4, -0.2) is 23.7 Å². The third-order valence-corrected chi connectivity index (χ3v) is 3.17. The van der Waals surface area contributed by atoms with Gasteiger partial charge in [0.25, 0.3) is 0 Å². The second-order valence-electron chi connectivity index (χ2n) is 4.81. The molecule has 0 spiro atoms. The molecule has 0 fully saturated rings. The van der Waals surface area contributed by atoms with Crippen molar-refractivity contribution in [2.45, 2.75) is 46.1 Å². The lowest BCUT2D eigenvalue weighted by Gasteiger charge is -2.31. The fourth-order valence-electron chi connectivity index (χ4n) is 2.13. The maximum Gasteiger partial charge on any atom is 0.305 e. The van der Waals surface area contributed by atoms with Crippen molar-refractivity contribution in [3.05, 3.63) is 29.8 Å². The van der Waals surface area contributed by atoms with E-state index in [0.717, 1.165) is 18.5 Å². The van der Waals surface area contributed by atoms with E-state index in [1.807, 2.05) is 0 Å². The summed E-state index contributed by atoms with van der Waals surface area (Å²) in [4.78, 5) is 12.9. The molecule has 3 heteroatoms. The van der Waals surface area contributed by atoms with Crippen LogP contribution >= 0.6 is 0 Å². The molecule has 1 N–H and O–H groups in total. The number of hydrogen-bond donors (Lipinski definition) is 1. The maximum atomic E-state index is 10.7. The van der Waals surface area contributed by atoms with Crippen molar-refractivity contribution in [3.8, 4) is 0 Å². The number of hydrogen-bond acceptors (Lipinski definition) is 2. The number of benzene rings is 1. The third kappa shape index (κ3) is 4.40. The predicted molar refractivity (Wildman–Crippen MR) is 75.1 cm³/mol. The number of aryl methyl sites for hydroxylation is 1. The van der Waals surface area contributed by atoms with Crippen LogP contribution in [0.3, 0.4) is 0 Å². The summed E-state index contributed by atoms with van der Waals surface area (Å²) in [5.41, 5.74) is 2.34. The molecule has 0 heterocycles. The van der Waals surface area contributed by atoms with E-state index >= 15 is 0 Å². The van der Waals surface area contributed by atoms with Crippen molar-refractivity contribution in [2.75, 3.05) is 11.4 Å². The molecule has 0 bridgehead atoms. The van der Waals surface area contributed by atoms with E-state index in [0.29, 0.717) is 12.6 Å². The molecule has 0 aliphatic carbocycles. The minimum absolute atomic E-state index is 0.182. The van der Waals surface area contributed by atoms with Crippen molar-refractivity contribution >= 4 is 11.7 Å². The van der Waals surface area contributed by atoms with Crippen LogP contribution in [-0.2, 0) is 4.79 Å². The van der Waals surface area contributed by atoms with Gasteiger partial charge in [0.1, 0.15) is 0 Å². The van der Waals surface area contributed by atoms with Gasteiger partial charge < -0.3 is 10.0 Å². The number of carboxylic acid groups (broad SMARTS) is 1. The molecule has 1 atom stereocenters. The molecule has 3 nitrogen and oxygen atoms in total. The van der Waals surface area contributed by atoms with Gasteiger partial charge in [0.05, 0.1) is 6.42 Å². The highest BCUT2D eigenvalue weighted by atomic mass is 16.4. The quantitative estimate of drug-likeness (QED) is 0.804. The number of carboxylic acids is 1. The van der Waals surface area contributed by atoms with Gasteiger partial charge in [-0.05, 0) is 32.4 Å². The van der Waals surface area contributed by atoms with Gasteiger partial charge in [-0.15, -0.1) is 0 Å². The van der Waals surface area contributed by atoms with Crippen LogP contribution < -0.4 is 4.90 Å². The lowest BCUT2D eigenvalue weighted by molar-refractivity contribution is -0.136. The van der Waals surface area contributed by atoms with Crippen molar-refractivity contribution in [1.29, 1.82) is 0 Å². The van der Waals surface area contributed by atoms with Crippen LogP contribution in [0.1, 0.15) is 38.7 Å². The molecule has 1 rings (SSSR count). The number of rotatable bonds is 7. The lowest BCUT2D eigenvalue weighted by Crippen LogP contribution is -2.34. The Morgan fingerprint density at radius 1 is 1.33 bits per heavy atom. The van der Waals surface area contributed by atoms with E-state index in [2.05, 4.69) is 49.9 Å².